The van der Waals surface area contributed by atoms with Crippen molar-refractivity contribution < 1.29 is 23.0 Å². The Morgan fingerprint density at radius 1 is 0.808 bits per heavy atom. The van der Waals surface area contributed by atoms with Crippen LogP contribution in [-0.2, 0) is 13.6 Å². The molecule has 0 saturated heterocycles. The standard InChI is InChI=1S/C12H20N.C8H19O4P/c1-5-9-13(10-6-2,11-7-3)12-8-4;1-3-5-7-11-13(9,10)12-8-6-4-2/h5-8H,1-4,9-12H2;3-8H2,1-2H3,(H,9,10)/q+1;. The maximum atomic E-state index is 11.1. The van der Waals surface area contributed by atoms with Crippen LogP contribution in [0.25, 0.3) is 0 Å². The first kappa shape index (κ1) is 27.3. The molecular weight excluding hydrogens is 349 g/mol. The molecule has 0 saturated carbocycles. The fraction of sp³-hybridized carbons (Fsp3) is 0.600. The lowest BCUT2D eigenvalue weighted by Crippen LogP contribution is -2.48. The van der Waals surface area contributed by atoms with E-state index in [1.165, 1.54) is 0 Å². The third-order valence-electron chi connectivity index (χ3n) is 3.57. The highest BCUT2D eigenvalue weighted by molar-refractivity contribution is 7.47. The zero-order chi connectivity index (χ0) is 20.3. The van der Waals surface area contributed by atoms with E-state index in [-0.39, 0.29) is 13.2 Å². The maximum absolute atomic E-state index is 11.1. The van der Waals surface area contributed by atoms with Crippen LogP contribution in [0.5, 0.6) is 0 Å². The lowest BCUT2D eigenvalue weighted by Gasteiger charge is -2.35. The second-order valence-corrected chi connectivity index (χ2v) is 7.52. The fourth-order valence-corrected chi connectivity index (χ4v) is 3.02. The number of rotatable bonds is 16. The molecule has 0 aromatic carbocycles. The second kappa shape index (κ2) is 17.4. The normalized spacial score (nSPS) is 11.2. The molecule has 6 heteroatoms. The van der Waals surface area contributed by atoms with Crippen molar-refractivity contribution in [1.29, 1.82) is 0 Å². The van der Waals surface area contributed by atoms with E-state index in [1.54, 1.807) is 0 Å². The van der Waals surface area contributed by atoms with Gasteiger partial charge in [0.2, 0.25) is 0 Å². The van der Waals surface area contributed by atoms with Crippen molar-refractivity contribution in [2.45, 2.75) is 39.5 Å². The number of nitrogens with zero attached hydrogens (tertiary/aromatic N) is 1. The first-order valence-corrected chi connectivity index (χ1v) is 10.8. The predicted octanol–water partition coefficient (Wildman–Crippen LogP) is 5.27. The number of unbranched alkanes of at least 4 members (excludes halogenated alkanes) is 2. The van der Waals surface area contributed by atoms with Crippen molar-refractivity contribution in [1.82, 2.24) is 0 Å². The van der Waals surface area contributed by atoms with Crippen molar-refractivity contribution >= 4 is 7.82 Å². The van der Waals surface area contributed by atoms with Crippen LogP contribution >= 0.6 is 7.82 Å². The van der Waals surface area contributed by atoms with Crippen molar-refractivity contribution in [3.8, 4) is 0 Å². The van der Waals surface area contributed by atoms with Crippen LogP contribution in [0.2, 0.25) is 0 Å². The molecule has 0 unspecified atom stereocenters. The highest BCUT2D eigenvalue weighted by Crippen LogP contribution is 2.43. The van der Waals surface area contributed by atoms with Crippen LogP contribution in [0.3, 0.4) is 0 Å². The number of hydrogen-bond acceptors (Lipinski definition) is 3. The van der Waals surface area contributed by atoms with Crippen molar-refractivity contribution in [2.24, 2.45) is 0 Å². The van der Waals surface area contributed by atoms with Gasteiger partial charge in [-0.05, 0) is 37.1 Å². The van der Waals surface area contributed by atoms with Gasteiger partial charge in [0.05, 0.1) is 39.4 Å². The van der Waals surface area contributed by atoms with Crippen LogP contribution < -0.4 is 0 Å². The van der Waals surface area contributed by atoms with E-state index in [4.69, 9.17) is 13.9 Å². The number of hydrogen-bond donors (Lipinski definition) is 1. The summed E-state index contributed by atoms with van der Waals surface area (Å²) in [6, 6.07) is 0. The van der Waals surface area contributed by atoms with E-state index >= 15 is 0 Å². The summed E-state index contributed by atoms with van der Waals surface area (Å²) in [7, 11) is -3.75. The summed E-state index contributed by atoms with van der Waals surface area (Å²) >= 11 is 0. The molecule has 152 valence electrons. The van der Waals surface area contributed by atoms with Crippen molar-refractivity contribution in [2.75, 3.05) is 39.4 Å². The summed E-state index contributed by atoms with van der Waals surface area (Å²) in [4.78, 5) is 9.08. The molecular formula is C20H39NO4P+. The molecule has 0 aromatic heterocycles. The molecule has 0 atom stereocenters. The second-order valence-electron chi connectivity index (χ2n) is 6.07. The molecule has 0 aliphatic heterocycles. The van der Waals surface area contributed by atoms with Gasteiger partial charge in [-0.15, -0.1) is 0 Å². The predicted molar refractivity (Wildman–Crippen MR) is 112 cm³/mol. The molecule has 5 nitrogen and oxygen atoms in total. The van der Waals surface area contributed by atoms with E-state index in [2.05, 4.69) is 26.3 Å². The largest absolute Gasteiger partial charge is 0.472 e. The van der Waals surface area contributed by atoms with Crippen LogP contribution in [0.15, 0.2) is 50.6 Å². The summed E-state index contributed by atoms with van der Waals surface area (Å²) < 4.78 is 21.4. The van der Waals surface area contributed by atoms with Crippen LogP contribution in [0.1, 0.15) is 39.5 Å². The van der Waals surface area contributed by atoms with Crippen LogP contribution in [-0.4, -0.2) is 48.8 Å². The Morgan fingerprint density at radius 3 is 1.35 bits per heavy atom. The number of phosphoric ester groups is 1. The molecule has 1 N–H and O–H groups in total. The van der Waals surface area contributed by atoms with Gasteiger partial charge in [0, 0.05) is 0 Å². The fourth-order valence-electron chi connectivity index (χ4n) is 2.23. The molecule has 26 heavy (non-hydrogen) atoms. The van der Waals surface area contributed by atoms with E-state index in [0.717, 1.165) is 56.3 Å². The van der Waals surface area contributed by atoms with E-state index in [9.17, 15) is 4.57 Å². The average molecular weight is 389 g/mol. The van der Waals surface area contributed by atoms with Crippen LogP contribution in [0, 0.1) is 0 Å². The van der Waals surface area contributed by atoms with Gasteiger partial charge in [-0.3, -0.25) is 9.05 Å². The molecule has 0 heterocycles. The molecule has 0 aromatic rings. The highest BCUT2D eigenvalue weighted by Gasteiger charge is 2.20. The lowest BCUT2D eigenvalue weighted by atomic mass is 10.3. The minimum absolute atomic E-state index is 0.288. The summed E-state index contributed by atoms with van der Waals surface area (Å²) in [5.74, 6) is 0. The summed E-state index contributed by atoms with van der Waals surface area (Å²) in [5.41, 5.74) is 0. The minimum atomic E-state index is -3.75. The Balaban J connectivity index is 0. The first-order valence-electron chi connectivity index (χ1n) is 9.27. The van der Waals surface area contributed by atoms with Crippen molar-refractivity contribution in [3.63, 3.8) is 0 Å². The molecule has 0 amide bonds. The van der Waals surface area contributed by atoms with E-state index in [0.29, 0.717) is 0 Å². The molecule has 0 aliphatic carbocycles. The third-order valence-corrected chi connectivity index (χ3v) is 4.59. The molecule has 0 rings (SSSR count). The number of quaternary nitrogens is 1. The van der Waals surface area contributed by atoms with Crippen molar-refractivity contribution in [3.05, 3.63) is 50.6 Å². The van der Waals surface area contributed by atoms with Gasteiger partial charge >= 0.3 is 7.82 Å². The zero-order valence-electron chi connectivity index (χ0n) is 16.8. The minimum Gasteiger partial charge on any atom is -0.311 e. The summed E-state index contributed by atoms with van der Waals surface area (Å²) in [6.07, 6.45) is 11.2. The van der Waals surface area contributed by atoms with Gasteiger partial charge in [-0.1, -0.05) is 53.0 Å². The van der Waals surface area contributed by atoms with E-state index < -0.39 is 7.82 Å². The SMILES string of the molecule is C=CC[N+](CC=C)(CC=C)CC=C.CCCCOP(=O)(O)OCCCC. The Kier molecular flexibility index (Phi) is 18.3. The smallest absolute Gasteiger partial charge is 0.311 e. The number of phosphoric acid groups is 1. The molecule has 0 spiro atoms. The lowest BCUT2D eigenvalue weighted by molar-refractivity contribution is -0.906. The quantitative estimate of drug-likeness (QED) is 0.169. The van der Waals surface area contributed by atoms with Gasteiger partial charge in [0.25, 0.3) is 0 Å². The molecule has 0 radical (unpaired) electrons. The van der Waals surface area contributed by atoms with Gasteiger partial charge in [0.15, 0.2) is 0 Å². The molecule has 0 bridgehead atoms. The maximum Gasteiger partial charge on any atom is 0.472 e. The molecule has 0 aliphatic rings. The average Bonchev–Trinajstić information content (AvgIpc) is 2.57. The van der Waals surface area contributed by atoms with Gasteiger partial charge in [0.1, 0.15) is 0 Å². The third kappa shape index (κ3) is 15.3. The van der Waals surface area contributed by atoms with Gasteiger partial charge in [-0.25, -0.2) is 4.57 Å². The summed E-state index contributed by atoms with van der Waals surface area (Å²) in [6.45, 7) is 23.4. The van der Waals surface area contributed by atoms with E-state index in [1.807, 2.05) is 38.2 Å². The Bertz CT molecular complexity index is 378. The topological polar surface area (TPSA) is 55.8 Å². The highest BCUT2D eigenvalue weighted by atomic mass is 31.2. The first-order chi connectivity index (χ1) is 12.4. The summed E-state index contributed by atoms with van der Waals surface area (Å²) in [5, 5.41) is 0. The molecule has 0 fully saturated rings. The monoisotopic (exact) mass is 388 g/mol. The van der Waals surface area contributed by atoms with Gasteiger partial charge in [-0.2, -0.15) is 0 Å². The Morgan fingerprint density at radius 2 is 1.12 bits per heavy atom. The Hall–Kier alpha value is -0.970. The Labute approximate surface area is 160 Å². The zero-order valence-corrected chi connectivity index (χ0v) is 17.7. The van der Waals surface area contributed by atoms with Crippen LogP contribution in [0.4, 0.5) is 0 Å². The van der Waals surface area contributed by atoms with Gasteiger partial charge < -0.3 is 9.38 Å².